The van der Waals surface area contributed by atoms with Gasteiger partial charge in [0.2, 0.25) is 5.69 Å². The monoisotopic (exact) mass is 392 g/mol. The summed E-state index contributed by atoms with van der Waals surface area (Å²) >= 11 is 0. The van der Waals surface area contributed by atoms with Gasteiger partial charge in [0.1, 0.15) is 18.2 Å². The standard InChI is InChI=1S/C27H23N2O/c1-17-9-10-23-22-7-5-6-21(19-14-18-11-12-28-16-20(18)15-19)26(22)30-27(23)25(17)24-8-3-4-13-29(24)2/h3-13,16,19H,14-15H2,1-2H3/q+1/i19D. The van der Waals surface area contributed by atoms with Crippen LogP contribution >= 0.6 is 0 Å². The maximum atomic E-state index is 9.37. The molecule has 1 aliphatic rings. The zero-order chi connectivity index (χ0) is 21.2. The Bertz CT molecular complexity index is 1460. The summed E-state index contributed by atoms with van der Waals surface area (Å²) in [5, 5.41) is 2.18. The van der Waals surface area contributed by atoms with Gasteiger partial charge in [-0.05, 0) is 60.0 Å². The average Bonchev–Trinajstić information content (AvgIpc) is 3.31. The summed E-state index contributed by atoms with van der Waals surface area (Å²) < 4.78 is 18.1. The first kappa shape index (κ1) is 16.3. The molecule has 0 aliphatic heterocycles. The van der Waals surface area contributed by atoms with Crippen LogP contribution in [0.1, 0.15) is 29.5 Å². The van der Waals surface area contributed by atoms with E-state index >= 15 is 0 Å². The van der Waals surface area contributed by atoms with Gasteiger partial charge in [-0.3, -0.25) is 4.98 Å². The van der Waals surface area contributed by atoms with Crippen molar-refractivity contribution >= 4 is 21.9 Å². The van der Waals surface area contributed by atoms with Crippen molar-refractivity contribution in [2.24, 2.45) is 7.05 Å². The molecule has 5 aromatic rings. The molecule has 146 valence electrons. The minimum absolute atomic E-state index is 0.659. The molecular formula is C27H23N2O+. The molecule has 0 spiro atoms. The minimum Gasteiger partial charge on any atom is -0.455 e. The molecule has 0 radical (unpaired) electrons. The van der Waals surface area contributed by atoms with Gasteiger partial charge in [0.05, 0.1) is 5.56 Å². The fraction of sp³-hybridized carbons (Fsp3) is 0.185. The molecule has 2 aromatic carbocycles. The SMILES string of the molecule is [2H]C1(c2cccc3c2oc2c(-c4cccc[n+]4C)c(C)ccc23)Cc2ccncc2C1. The van der Waals surface area contributed by atoms with Crippen molar-refractivity contribution in [1.82, 2.24) is 4.98 Å². The number of para-hydroxylation sites is 1. The van der Waals surface area contributed by atoms with Crippen molar-refractivity contribution < 1.29 is 10.4 Å². The predicted octanol–water partition coefficient (Wildman–Crippen LogP) is 5.66. The topological polar surface area (TPSA) is 29.9 Å². The van der Waals surface area contributed by atoms with Gasteiger partial charge in [-0.25, -0.2) is 4.57 Å². The molecule has 6 rings (SSSR count). The lowest BCUT2D eigenvalue weighted by molar-refractivity contribution is -0.660. The zero-order valence-electron chi connectivity index (χ0n) is 18.1. The van der Waals surface area contributed by atoms with Crippen LogP contribution in [-0.2, 0) is 19.9 Å². The molecule has 1 unspecified atom stereocenters. The largest absolute Gasteiger partial charge is 0.455 e. The molecular weight excluding hydrogens is 368 g/mol. The number of pyridine rings is 2. The van der Waals surface area contributed by atoms with Crippen LogP contribution in [0.4, 0.5) is 0 Å². The number of rotatable bonds is 2. The Morgan fingerprint density at radius 2 is 1.83 bits per heavy atom. The fourth-order valence-corrected chi connectivity index (χ4v) is 4.84. The number of hydrogen-bond donors (Lipinski definition) is 0. The van der Waals surface area contributed by atoms with Gasteiger partial charge in [-0.1, -0.05) is 30.3 Å². The van der Waals surface area contributed by atoms with Crippen molar-refractivity contribution in [2.75, 3.05) is 0 Å². The minimum atomic E-state index is -0.745. The van der Waals surface area contributed by atoms with Gasteiger partial charge in [0, 0.05) is 36.7 Å². The van der Waals surface area contributed by atoms with E-state index in [1.807, 2.05) is 24.5 Å². The number of furan rings is 1. The molecule has 0 fully saturated rings. The van der Waals surface area contributed by atoms with Crippen LogP contribution in [0.5, 0.6) is 0 Å². The summed E-state index contributed by atoms with van der Waals surface area (Å²) in [4.78, 5) is 4.27. The Hall–Kier alpha value is -3.46. The molecule has 0 saturated heterocycles. The zero-order valence-corrected chi connectivity index (χ0v) is 17.1. The third kappa shape index (κ3) is 2.51. The first-order chi connectivity index (χ1) is 15.0. The van der Waals surface area contributed by atoms with Crippen LogP contribution in [0.15, 0.2) is 77.6 Å². The van der Waals surface area contributed by atoms with E-state index in [0.29, 0.717) is 12.8 Å². The summed E-state index contributed by atoms with van der Waals surface area (Å²) in [6, 6.07) is 18.8. The maximum absolute atomic E-state index is 9.37. The van der Waals surface area contributed by atoms with Crippen LogP contribution in [0.3, 0.4) is 0 Å². The second kappa shape index (κ2) is 6.53. The predicted molar refractivity (Wildman–Crippen MR) is 119 cm³/mol. The van der Waals surface area contributed by atoms with Crippen LogP contribution in [0, 0.1) is 6.92 Å². The Balaban J connectivity index is 1.62. The number of aryl methyl sites for hydroxylation is 2. The van der Waals surface area contributed by atoms with Gasteiger partial charge in [0.25, 0.3) is 0 Å². The average molecular weight is 393 g/mol. The van der Waals surface area contributed by atoms with Crippen molar-refractivity contribution in [1.29, 1.82) is 0 Å². The highest BCUT2D eigenvalue weighted by Crippen LogP contribution is 2.42. The van der Waals surface area contributed by atoms with E-state index in [2.05, 4.69) is 72.2 Å². The molecule has 0 saturated carbocycles. The Morgan fingerprint density at radius 1 is 0.967 bits per heavy atom. The second-order valence-electron chi connectivity index (χ2n) is 8.22. The van der Waals surface area contributed by atoms with E-state index in [1.54, 1.807) is 0 Å². The summed E-state index contributed by atoms with van der Waals surface area (Å²) in [5.74, 6) is -0.745. The highest BCUT2D eigenvalue weighted by molar-refractivity contribution is 6.10. The lowest BCUT2D eigenvalue weighted by Gasteiger charge is -2.09. The molecule has 3 heteroatoms. The number of aromatic nitrogens is 2. The van der Waals surface area contributed by atoms with Crippen LogP contribution in [0.25, 0.3) is 33.2 Å². The summed E-state index contributed by atoms with van der Waals surface area (Å²) in [5.41, 5.74) is 8.47. The van der Waals surface area contributed by atoms with Gasteiger partial charge in [-0.15, -0.1) is 0 Å². The molecule has 0 bridgehead atoms. The van der Waals surface area contributed by atoms with Gasteiger partial charge in [-0.2, -0.15) is 0 Å². The summed E-state index contributed by atoms with van der Waals surface area (Å²) in [6.07, 6.45) is 7.12. The highest BCUT2D eigenvalue weighted by Gasteiger charge is 2.27. The van der Waals surface area contributed by atoms with Gasteiger partial charge < -0.3 is 4.42 Å². The van der Waals surface area contributed by atoms with Crippen LogP contribution in [-0.4, -0.2) is 4.98 Å². The quantitative estimate of drug-likeness (QED) is 0.363. The van der Waals surface area contributed by atoms with Gasteiger partial charge >= 0.3 is 0 Å². The Morgan fingerprint density at radius 3 is 2.70 bits per heavy atom. The molecule has 1 atom stereocenters. The van der Waals surface area contributed by atoms with E-state index in [4.69, 9.17) is 4.42 Å². The maximum Gasteiger partial charge on any atom is 0.216 e. The summed E-state index contributed by atoms with van der Waals surface area (Å²) in [6.45, 7) is 2.13. The van der Waals surface area contributed by atoms with E-state index in [9.17, 15) is 1.37 Å². The molecule has 3 heterocycles. The van der Waals surface area contributed by atoms with Crippen molar-refractivity contribution in [3.05, 3.63) is 95.4 Å². The molecule has 3 aromatic heterocycles. The van der Waals surface area contributed by atoms with E-state index in [1.165, 1.54) is 16.7 Å². The first-order valence-corrected chi connectivity index (χ1v) is 10.4. The third-order valence-corrected chi connectivity index (χ3v) is 6.38. The van der Waals surface area contributed by atoms with Crippen LogP contribution in [0.2, 0.25) is 0 Å². The Labute approximate surface area is 177 Å². The number of hydrogen-bond acceptors (Lipinski definition) is 2. The lowest BCUT2D eigenvalue weighted by atomic mass is 9.94. The molecule has 30 heavy (non-hydrogen) atoms. The van der Waals surface area contributed by atoms with Crippen LogP contribution < -0.4 is 4.57 Å². The summed E-state index contributed by atoms with van der Waals surface area (Å²) in [7, 11) is 2.06. The van der Waals surface area contributed by atoms with Gasteiger partial charge in [0.15, 0.2) is 6.20 Å². The third-order valence-electron chi connectivity index (χ3n) is 6.38. The number of nitrogens with zero attached hydrogens (tertiary/aromatic N) is 2. The van der Waals surface area contributed by atoms with E-state index < -0.39 is 5.89 Å². The normalized spacial score (nSPS) is 18.7. The fourth-order valence-electron chi connectivity index (χ4n) is 4.84. The van der Waals surface area contributed by atoms with Crippen molar-refractivity contribution in [3.8, 4) is 11.3 Å². The number of benzene rings is 2. The van der Waals surface area contributed by atoms with Crippen molar-refractivity contribution in [2.45, 2.75) is 25.7 Å². The second-order valence-corrected chi connectivity index (χ2v) is 8.22. The molecule has 0 N–H and O–H groups in total. The smallest absolute Gasteiger partial charge is 0.216 e. The number of fused-ring (bicyclic) bond motifs is 4. The van der Waals surface area contributed by atoms with E-state index in [-0.39, 0.29) is 0 Å². The molecule has 3 nitrogen and oxygen atoms in total. The molecule has 0 amide bonds. The highest BCUT2D eigenvalue weighted by atomic mass is 16.3. The van der Waals surface area contributed by atoms with E-state index in [0.717, 1.165) is 38.8 Å². The lowest BCUT2D eigenvalue weighted by Crippen LogP contribution is -2.30. The first-order valence-electron chi connectivity index (χ1n) is 10.9. The van der Waals surface area contributed by atoms with Crippen molar-refractivity contribution in [3.63, 3.8) is 0 Å². The molecule has 1 aliphatic carbocycles. The Kier molecular flexibility index (Phi) is 3.56.